The van der Waals surface area contributed by atoms with Crippen molar-refractivity contribution >= 4 is 24.0 Å². The van der Waals surface area contributed by atoms with E-state index in [1.807, 2.05) is 23.1 Å². The van der Waals surface area contributed by atoms with Crippen LogP contribution in [0.5, 0.6) is 0 Å². The standard InChI is InChI=1S/C16H28N2O4S/c17-16-2-1-13(9-12(16)5-8-23)18(6-3-14(21)10-19)7-4-15(22)11-20/h1-2,9,14-15,19-23H,3-8,10-11,17H2. The minimum absolute atomic E-state index is 0.278. The van der Waals surface area contributed by atoms with E-state index >= 15 is 0 Å². The molecule has 0 radical (unpaired) electrons. The number of nitrogen functional groups attached to an aromatic ring is 1. The Hall–Kier alpha value is -0.990. The first-order valence-electron chi connectivity index (χ1n) is 7.83. The van der Waals surface area contributed by atoms with Crippen molar-refractivity contribution in [2.75, 3.05) is 42.7 Å². The Balaban J connectivity index is 2.86. The molecule has 0 aromatic heterocycles. The highest BCUT2D eigenvalue weighted by atomic mass is 32.1. The summed E-state index contributed by atoms with van der Waals surface area (Å²) in [7, 11) is 0. The molecule has 1 aromatic carbocycles. The van der Waals surface area contributed by atoms with Crippen LogP contribution in [0.3, 0.4) is 0 Å². The summed E-state index contributed by atoms with van der Waals surface area (Å²) >= 11 is 4.24. The highest BCUT2D eigenvalue weighted by Crippen LogP contribution is 2.23. The van der Waals surface area contributed by atoms with E-state index in [0.29, 0.717) is 37.4 Å². The van der Waals surface area contributed by atoms with Crippen LogP contribution in [-0.2, 0) is 6.42 Å². The van der Waals surface area contributed by atoms with Crippen LogP contribution in [0.2, 0.25) is 0 Å². The third-order valence-electron chi connectivity index (χ3n) is 3.76. The maximum atomic E-state index is 9.56. The van der Waals surface area contributed by atoms with Crippen molar-refractivity contribution in [2.45, 2.75) is 31.5 Å². The minimum Gasteiger partial charge on any atom is -0.399 e. The maximum Gasteiger partial charge on any atom is 0.0787 e. The molecule has 132 valence electrons. The lowest BCUT2D eigenvalue weighted by atomic mass is 10.1. The first kappa shape index (κ1) is 20.1. The van der Waals surface area contributed by atoms with E-state index in [0.717, 1.165) is 17.7 Å². The van der Waals surface area contributed by atoms with Crippen molar-refractivity contribution in [1.29, 1.82) is 0 Å². The Morgan fingerprint density at radius 1 is 1.04 bits per heavy atom. The largest absolute Gasteiger partial charge is 0.399 e. The van der Waals surface area contributed by atoms with Gasteiger partial charge in [0.2, 0.25) is 0 Å². The van der Waals surface area contributed by atoms with Gasteiger partial charge in [-0.15, -0.1) is 0 Å². The molecule has 0 aliphatic heterocycles. The zero-order valence-corrected chi connectivity index (χ0v) is 14.2. The SMILES string of the molecule is Nc1ccc(N(CCC(O)CO)CCC(O)CO)cc1CCS. The molecule has 0 aliphatic rings. The topological polar surface area (TPSA) is 110 Å². The number of aryl methyl sites for hydroxylation is 1. The van der Waals surface area contributed by atoms with Gasteiger partial charge in [-0.1, -0.05) is 0 Å². The van der Waals surface area contributed by atoms with Gasteiger partial charge in [-0.3, -0.25) is 0 Å². The molecule has 2 atom stereocenters. The molecular weight excluding hydrogens is 316 g/mol. The average Bonchev–Trinajstić information content (AvgIpc) is 2.56. The Morgan fingerprint density at radius 2 is 1.61 bits per heavy atom. The fraction of sp³-hybridized carbons (Fsp3) is 0.625. The van der Waals surface area contributed by atoms with Crippen LogP contribution in [-0.4, -0.2) is 64.7 Å². The highest BCUT2D eigenvalue weighted by molar-refractivity contribution is 7.80. The molecule has 6 nitrogen and oxygen atoms in total. The fourth-order valence-corrected chi connectivity index (χ4v) is 2.53. The van der Waals surface area contributed by atoms with Crippen LogP contribution < -0.4 is 10.6 Å². The monoisotopic (exact) mass is 344 g/mol. The van der Waals surface area contributed by atoms with Crippen LogP contribution in [0.15, 0.2) is 18.2 Å². The highest BCUT2D eigenvalue weighted by Gasteiger charge is 2.13. The van der Waals surface area contributed by atoms with Crippen LogP contribution in [0.25, 0.3) is 0 Å². The second-order valence-electron chi connectivity index (χ2n) is 5.59. The average molecular weight is 344 g/mol. The summed E-state index contributed by atoms with van der Waals surface area (Å²) in [5.41, 5.74) is 8.62. The van der Waals surface area contributed by atoms with Gasteiger partial charge in [0.25, 0.3) is 0 Å². The van der Waals surface area contributed by atoms with Crippen LogP contribution in [0, 0.1) is 0 Å². The van der Waals surface area contributed by atoms with Crippen molar-refractivity contribution in [3.63, 3.8) is 0 Å². The summed E-state index contributed by atoms with van der Waals surface area (Å²) in [5, 5.41) is 37.0. The summed E-state index contributed by atoms with van der Waals surface area (Å²) in [6.07, 6.45) is 0.0439. The zero-order valence-electron chi connectivity index (χ0n) is 13.3. The third kappa shape index (κ3) is 6.97. The molecule has 1 rings (SSSR count). The molecule has 0 bridgehead atoms. The van der Waals surface area contributed by atoms with Gasteiger partial charge in [-0.2, -0.15) is 12.6 Å². The predicted octanol–water partition coefficient (Wildman–Crippen LogP) is 0.0341. The number of anilines is 2. The Bertz CT molecular complexity index is 448. The lowest BCUT2D eigenvalue weighted by molar-refractivity contribution is 0.0854. The first-order chi connectivity index (χ1) is 11.0. The normalized spacial score (nSPS) is 13.8. The van der Waals surface area contributed by atoms with Crippen molar-refractivity contribution < 1.29 is 20.4 Å². The maximum absolute atomic E-state index is 9.56. The van der Waals surface area contributed by atoms with Gasteiger partial charge in [0.05, 0.1) is 25.4 Å². The summed E-state index contributed by atoms with van der Waals surface area (Å²) in [6, 6.07) is 5.72. The number of aliphatic hydroxyl groups is 4. The van der Waals surface area contributed by atoms with Gasteiger partial charge in [-0.25, -0.2) is 0 Å². The van der Waals surface area contributed by atoms with Crippen molar-refractivity contribution in [3.05, 3.63) is 23.8 Å². The van der Waals surface area contributed by atoms with Crippen LogP contribution in [0.1, 0.15) is 18.4 Å². The number of rotatable bonds is 11. The molecule has 0 fully saturated rings. The van der Waals surface area contributed by atoms with Crippen molar-refractivity contribution in [2.24, 2.45) is 0 Å². The fourth-order valence-electron chi connectivity index (χ4n) is 2.29. The van der Waals surface area contributed by atoms with E-state index in [1.165, 1.54) is 0 Å². The smallest absolute Gasteiger partial charge is 0.0787 e. The lowest BCUT2D eigenvalue weighted by Gasteiger charge is -2.27. The number of thiol groups is 1. The van der Waals surface area contributed by atoms with E-state index in [1.54, 1.807) is 0 Å². The van der Waals surface area contributed by atoms with Gasteiger partial charge in [0.1, 0.15) is 0 Å². The van der Waals surface area contributed by atoms with Crippen molar-refractivity contribution in [3.8, 4) is 0 Å². The number of benzene rings is 1. The van der Waals surface area contributed by atoms with E-state index in [2.05, 4.69) is 12.6 Å². The molecule has 0 heterocycles. The molecule has 0 amide bonds. The Kier molecular flexibility index (Phi) is 9.35. The molecule has 7 heteroatoms. The Morgan fingerprint density at radius 3 is 2.09 bits per heavy atom. The van der Waals surface area contributed by atoms with Gasteiger partial charge in [-0.05, 0) is 48.8 Å². The van der Waals surface area contributed by atoms with Gasteiger partial charge in [0, 0.05) is 24.5 Å². The number of nitrogens with two attached hydrogens (primary N) is 1. The van der Waals surface area contributed by atoms with E-state index in [-0.39, 0.29) is 13.2 Å². The molecule has 1 aromatic rings. The predicted molar refractivity (Wildman–Crippen MR) is 96.0 cm³/mol. The quantitative estimate of drug-likeness (QED) is 0.250. The molecule has 0 saturated heterocycles. The van der Waals surface area contributed by atoms with Gasteiger partial charge < -0.3 is 31.1 Å². The summed E-state index contributed by atoms with van der Waals surface area (Å²) in [4.78, 5) is 2.01. The molecule has 6 N–H and O–H groups in total. The number of nitrogens with zero attached hydrogens (tertiary/aromatic N) is 1. The van der Waals surface area contributed by atoms with E-state index in [4.69, 9.17) is 15.9 Å². The lowest BCUT2D eigenvalue weighted by Crippen LogP contribution is -2.32. The zero-order chi connectivity index (χ0) is 17.2. The second-order valence-corrected chi connectivity index (χ2v) is 6.04. The molecule has 0 spiro atoms. The van der Waals surface area contributed by atoms with Crippen molar-refractivity contribution in [1.82, 2.24) is 0 Å². The van der Waals surface area contributed by atoms with E-state index in [9.17, 15) is 10.2 Å². The first-order valence-corrected chi connectivity index (χ1v) is 8.47. The minimum atomic E-state index is -0.772. The Labute approximate surface area is 143 Å². The molecular formula is C16H28N2O4S. The molecule has 0 saturated carbocycles. The summed E-state index contributed by atoms with van der Waals surface area (Å²) in [5.74, 6) is 0.695. The van der Waals surface area contributed by atoms with Crippen LogP contribution >= 0.6 is 12.6 Å². The summed E-state index contributed by atoms with van der Waals surface area (Å²) < 4.78 is 0. The molecule has 2 unspecified atom stereocenters. The van der Waals surface area contributed by atoms with E-state index < -0.39 is 12.2 Å². The van der Waals surface area contributed by atoms with Gasteiger partial charge >= 0.3 is 0 Å². The second kappa shape index (κ2) is 10.7. The number of hydrogen-bond donors (Lipinski definition) is 6. The van der Waals surface area contributed by atoms with Crippen LogP contribution in [0.4, 0.5) is 11.4 Å². The number of aliphatic hydroxyl groups excluding tert-OH is 4. The summed E-state index contributed by atoms with van der Waals surface area (Å²) in [6.45, 7) is 0.508. The third-order valence-corrected chi connectivity index (χ3v) is 3.98. The van der Waals surface area contributed by atoms with Gasteiger partial charge in [0.15, 0.2) is 0 Å². The molecule has 0 aliphatic carbocycles. The molecule has 23 heavy (non-hydrogen) atoms. The number of hydrogen-bond acceptors (Lipinski definition) is 7.